The maximum atomic E-state index is 13.0. The van der Waals surface area contributed by atoms with Crippen LogP contribution in [0.15, 0.2) is 24.3 Å². The standard InChI is InChI=1S/C19H28ClN3O2/c1-12(2)16(22-17(24)13-7-5-6-8-14(13)20)18(25)23-10-9-15(21)19(3,4)11-23/h5-8,12,15-16H,9-11,21H2,1-4H3,(H,22,24). The lowest BCUT2D eigenvalue weighted by Crippen LogP contribution is -2.59. The zero-order valence-electron chi connectivity index (χ0n) is 15.4. The first-order valence-corrected chi connectivity index (χ1v) is 9.11. The maximum Gasteiger partial charge on any atom is 0.253 e. The molecule has 0 aliphatic carbocycles. The zero-order chi connectivity index (χ0) is 18.8. The number of halogens is 1. The fraction of sp³-hybridized carbons (Fsp3) is 0.579. The minimum absolute atomic E-state index is 0.0300. The molecule has 0 radical (unpaired) electrons. The molecular formula is C19H28ClN3O2. The summed E-state index contributed by atoms with van der Waals surface area (Å²) in [5.74, 6) is -0.418. The van der Waals surface area contributed by atoms with Crippen molar-refractivity contribution in [3.05, 3.63) is 34.9 Å². The Hall–Kier alpha value is -1.59. The zero-order valence-corrected chi connectivity index (χ0v) is 16.1. The number of hydrogen-bond donors (Lipinski definition) is 2. The van der Waals surface area contributed by atoms with Crippen LogP contribution in [-0.4, -0.2) is 41.9 Å². The van der Waals surface area contributed by atoms with Crippen LogP contribution in [0.5, 0.6) is 0 Å². The van der Waals surface area contributed by atoms with Crippen molar-refractivity contribution in [2.75, 3.05) is 13.1 Å². The first kappa shape index (κ1) is 19.7. The molecule has 1 aliphatic heterocycles. The summed E-state index contributed by atoms with van der Waals surface area (Å²) in [6, 6.07) is 6.32. The van der Waals surface area contributed by atoms with E-state index in [1.165, 1.54) is 0 Å². The molecule has 2 rings (SSSR count). The molecule has 3 N–H and O–H groups in total. The normalized spacial score (nSPS) is 21.1. The topological polar surface area (TPSA) is 75.4 Å². The van der Waals surface area contributed by atoms with Gasteiger partial charge in [0, 0.05) is 19.1 Å². The van der Waals surface area contributed by atoms with Crippen LogP contribution in [0, 0.1) is 11.3 Å². The summed E-state index contributed by atoms with van der Waals surface area (Å²) in [4.78, 5) is 27.4. The summed E-state index contributed by atoms with van der Waals surface area (Å²) in [6.07, 6.45) is 0.766. The Bertz CT molecular complexity index is 645. The molecule has 0 saturated carbocycles. The van der Waals surface area contributed by atoms with E-state index >= 15 is 0 Å². The van der Waals surface area contributed by atoms with E-state index in [0.29, 0.717) is 23.7 Å². The number of nitrogens with one attached hydrogen (secondary N) is 1. The van der Waals surface area contributed by atoms with E-state index in [1.807, 2.05) is 18.7 Å². The summed E-state index contributed by atoms with van der Waals surface area (Å²) in [5, 5.41) is 3.24. The average molecular weight is 366 g/mol. The van der Waals surface area contributed by atoms with Crippen LogP contribution in [0.25, 0.3) is 0 Å². The number of likely N-dealkylation sites (tertiary alicyclic amines) is 1. The van der Waals surface area contributed by atoms with Crippen LogP contribution >= 0.6 is 11.6 Å². The van der Waals surface area contributed by atoms with E-state index in [-0.39, 0.29) is 29.2 Å². The monoisotopic (exact) mass is 365 g/mol. The quantitative estimate of drug-likeness (QED) is 0.861. The Morgan fingerprint density at radius 1 is 1.32 bits per heavy atom. The summed E-state index contributed by atoms with van der Waals surface area (Å²) in [6.45, 7) is 9.22. The molecule has 1 aromatic rings. The summed E-state index contributed by atoms with van der Waals surface area (Å²) in [7, 11) is 0. The van der Waals surface area contributed by atoms with E-state index in [2.05, 4.69) is 19.2 Å². The highest BCUT2D eigenvalue weighted by atomic mass is 35.5. The van der Waals surface area contributed by atoms with Gasteiger partial charge in [-0.15, -0.1) is 0 Å². The predicted octanol–water partition coefficient (Wildman–Crippen LogP) is 2.68. The van der Waals surface area contributed by atoms with Gasteiger partial charge in [-0.1, -0.05) is 51.4 Å². The summed E-state index contributed by atoms with van der Waals surface area (Å²) >= 11 is 6.09. The van der Waals surface area contributed by atoms with Gasteiger partial charge in [-0.3, -0.25) is 9.59 Å². The first-order valence-electron chi connectivity index (χ1n) is 8.73. The van der Waals surface area contributed by atoms with Crippen molar-refractivity contribution in [3.63, 3.8) is 0 Å². The Morgan fingerprint density at radius 2 is 1.96 bits per heavy atom. The van der Waals surface area contributed by atoms with E-state index in [4.69, 9.17) is 17.3 Å². The van der Waals surface area contributed by atoms with E-state index in [9.17, 15) is 9.59 Å². The maximum absolute atomic E-state index is 13.0. The van der Waals surface area contributed by atoms with Crippen molar-refractivity contribution in [3.8, 4) is 0 Å². The summed E-state index contributed by atoms with van der Waals surface area (Å²) < 4.78 is 0. The average Bonchev–Trinajstić information content (AvgIpc) is 2.54. The highest BCUT2D eigenvalue weighted by Crippen LogP contribution is 2.28. The smallest absolute Gasteiger partial charge is 0.253 e. The van der Waals surface area contributed by atoms with Crippen molar-refractivity contribution in [2.24, 2.45) is 17.1 Å². The molecule has 1 saturated heterocycles. The van der Waals surface area contributed by atoms with Crippen molar-refractivity contribution in [1.82, 2.24) is 10.2 Å². The number of benzene rings is 1. The largest absolute Gasteiger partial charge is 0.340 e. The molecule has 25 heavy (non-hydrogen) atoms. The van der Waals surface area contributed by atoms with Gasteiger partial charge in [0.05, 0.1) is 10.6 Å². The number of hydrogen-bond acceptors (Lipinski definition) is 3. The number of nitrogens with two attached hydrogens (primary N) is 1. The van der Waals surface area contributed by atoms with Gasteiger partial charge in [0.15, 0.2) is 0 Å². The third-order valence-electron chi connectivity index (χ3n) is 4.96. The van der Waals surface area contributed by atoms with Gasteiger partial charge in [0.1, 0.15) is 6.04 Å². The minimum Gasteiger partial charge on any atom is -0.340 e. The van der Waals surface area contributed by atoms with Gasteiger partial charge in [-0.2, -0.15) is 0 Å². The third kappa shape index (κ3) is 4.53. The number of nitrogens with zero attached hydrogens (tertiary/aromatic N) is 1. The third-order valence-corrected chi connectivity index (χ3v) is 5.29. The van der Waals surface area contributed by atoms with Crippen LogP contribution < -0.4 is 11.1 Å². The van der Waals surface area contributed by atoms with Gasteiger partial charge in [-0.05, 0) is 29.9 Å². The highest BCUT2D eigenvalue weighted by Gasteiger charge is 2.38. The lowest BCUT2D eigenvalue weighted by molar-refractivity contribution is -0.137. The minimum atomic E-state index is -0.589. The van der Waals surface area contributed by atoms with Gasteiger partial charge >= 0.3 is 0 Å². The molecule has 0 spiro atoms. The molecule has 1 fully saturated rings. The molecule has 0 aromatic heterocycles. The van der Waals surface area contributed by atoms with Crippen LogP contribution in [0.1, 0.15) is 44.5 Å². The van der Waals surface area contributed by atoms with Gasteiger partial charge in [0.25, 0.3) is 5.91 Å². The molecule has 2 amide bonds. The van der Waals surface area contributed by atoms with Gasteiger partial charge in [0.2, 0.25) is 5.91 Å². The van der Waals surface area contributed by atoms with Crippen molar-refractivity contribution in [2.45, 2.75) is 46.2 Å². The Morgan fingerprint density at radius 3 is 2.52 bits per heavy atom. The van der Waals surface area contributed by atoms with Crippen molar-refractivity contribution < 1.29 is 9.59 Å². The molecule has 138 valence electrons. The van der Waals surface area contributed by atoms with E-state index in [0.717, 1.165) is 6.42 Å². The van der Waals surface area contributed by atoms with Crippen LogP contribution in [0.4, 0.5) is 0 Å². The second-order valence-corrected chi connectivity index (χ2v) is 8.23. The van der Waals surface area contributed by atoms with E-state index in [1.54, 1.807) is 24.3 Å². The predicted molar refractivity (Wildman–Crippen MR) is 100 cm³/mol. The van der Waals surface area contributed by atoms with Crippen LogP contribution in [-0.2, 0) is 4.79 Å². The molecule has 1 aliphatic rings. The number of carbonyl (C=O) groups is 2. The van der Waals surface area contributed by atoms with Gasteiger partial charge in [-0.25, -0.2) is 0 Å². The molecule has 2 atom stereocenters. The lowest BCUT2D eigenvalue weighted by Gasteiger charge is -2.44. The number of piperidine rings is 1. The highest BCUT2D eigenvalue weighted by molar-refractivity contribution is 6.33. The molecule has 5 nitrogen and oxygen atoms in total. The molecular weight excluding hydrogens is 338 g/mol. The molecule has 6 heteroatoms. The van der Waals surface area contributed by atoms with Gasteiger partial charge < -0.3 is 16.0 Å². The number of amides is 2. The summed E-state index contributed by atoms with van der Waals surface area (Å²) in [5.41, 5.74) is 6.40. The Labute approximate surface area is 154 Å². The van der Waals surface area contributed by atoms with Crippen LogP contribution in [0.2, 0.25) is 5.02 Å². The second-order valence-electron chi connectivity index (χ2n) is 7.82. The molecule has 2 unspecified atom stereocenters. The number of rotatable bonds is 4. The number of carbonyl (C=O) groups excluding carboxylic acids is 2. The Kier molecular flexibility index (Phi) is 6.12. The lowest BCUT2D eigenvalue weighted by atomic mass is 9.79. The van der Waals surface area contributed by atoms with Crippen LogP contribution in [0.3, 0.4) is 0 Å². The second kappa shape index (κ2) is 7.75. The molecule has 0 bridgehead atoms. The molecule has 1 heterocycles. The van der Waals surface area contributed by atoms with E-state index < -0.39 is 6.04 Å². The first-order chi connectivity index (χ1) is 11.6. The SMILES string of the molecule is CC(C)C(NC(=O)c1ccccc1Cl)C(=O)N1CCC(N)C(C)(C)C1. The fourth-order valence-corrected chi connectivity index (χ4v) is 3.36. The molecule has 1 aromatic carbocycles. The Balaban J connectivity index is 2.14. The van der Waals surface area contributed by atoms with Crippen molar-refractivity contribution in [1.29, 1.82) is 0 Å². The van der Waals surface area contributed by atoms with Crippen molar-refractivity contribution >= 4 is 23.4 Å². The fourth-order valence-electron chi connectivity index (χ4n) is 3.14.